The number of hydrogen-bond donors (Lipinski definition) is 2. The van der Waals surface area contributed by atoms with Crippen LogP contribution in [0, 0.1) is 5.92 Å². The summed E-state index contributed by atoms with van der Waals surface area (Å²) < 4.78 is 28.6. The van der Waals surface area contributed by atoms with E-state index < -0.39 is 17.2 Å². The van der Waals surface area contributed by atoms with Gasteiger partial charge in [-0.05, 0) is 31.1 Å². The summed E-state index contributed by atoms with van der Waals surface area (Å²) >= 11 is 0. The molecule has 2 aromatic rings. The van der Waals surface area contributed by atoms with Gasteiger partial charge < -0.3 is 11.1 Å². The Morgan fingerprint density at radius 1 is 1.33 bits per heavy atom. The van der Waals surface area contributed by atoms with Gasteiger partial charge in [-0.2, -0.15) is 0 Å². The second-order valence-corrected chi connectivity index (χ2v) is 5.90. The number of hydrogen-bond acceptors (Lipinski definition) is 5. The lowest BCUT2D eigenvalue weighted by Crippen LogP contribution is -2.15. The molecule has 0 radical (unpaired) electrons. The van der Waals surface area contributed by atoms with Crippen LogP contribution in [0.25, 0.3) is 16.8 Å². The number of allylic oxidation sites excluding steroid dienone is 4. The van der Waals surface area contributed by atoms with Gasteiger partial charge in [0.15, 0.2) is 11.6 Å². The molecule has 0 atom stereocenters. The fourth-order valence-corrected chi connectivity index (χ4v) is 2.44. The molecule has 1 amide bonds. The van der Waals surface area contributed by atoms with Crippen LogP contribution >= 0.6 is 0 Å². The van der Waals surface area contributed by atoms with Gasteiger partial charge in [0.05, 0.1) is 11.8 Å². The average Bonchev–Trinajstić information content (AvgIpc) is 3.54. The Kier molecular flexibility index (Phi) is 5.35. The number of aromatic nitrogens is 3. The van der Waals surface area contributed by atoms with Gasteiger partial charge in [0, 0.05) is 30.1 Å². The number of anilines is 1. The summed E-state index contributed by atoms with van der Waals surface area (Å²) in [7, 11) is 0. The van der Waals surface area contributed by atoms with Crippen molar-refractivity contribution < 1.29 is 13.6 Å². The SMILES string of the molecule is C=C/C(F)=C(\C(F)=C/N)c1ncc(NC(=O)C2CC2)nc1-c1cccnc1. The van der Waals surface area contributed by atoms with Crippen molar-refractivity contribution >= 4 is 17.3 Å². The highest BCUT2D eigenvalue weighted by atomic mass is 19.1. The van der Waals surface area contributed by atoms with Crippen LogP contribution in [-0.2, 0) is 4.79 Å². The first kappa shape index (κ1) is 18.4. The lowest BCUT2D eigenvalue weighted by molar-refractivity contribution is -0.117. The van der Waals surface area contributed by atoms with Crippen LogP contribution in [0.3, 0.4) is 0 Å². The van der Waals surface area contributed by atoms with Gasteiger partial charge >= 0.3 is 0 Å². The van der Waals surface area contributed by atoms with Crippen molar-refractivity contribution in [3.05, 3.63) is 66.9 Å². The number of amides is 1. The zero-order valence-electron chi connectivity index (χ0n) is 14.3. The molecule has 1 aliphatic rings. The highest BCUT2D eigenvalue weighted by Gasteiger charge is 2.30. The molecule has 6 nitrogen and oxygen atoms in total. The number of nitrogens with zero attached hydrogens (tertiary/aromatic N) is 3. The second kappa shape index (κ2) is 7.86. The molecule has 0 aliphatic heterocycles. The summed E-state index contributed by atoms with van der Waals surface area (Å²) in [6.07, 6.45) is 7.43. The molecule has 0 saturated heterocycles. The predicted molar refractivity (Wildman–Crippen MR) is 98.2 cm³/mol. The summed E-state index contributed by atoms with van der Waals surface area (Å²) in [5, 5.41) is 2.67. The molecular formula is C19H17F2N5O. The fourth-order valence-electron chi connectivity index (χ4n) is 2.44. The Morgan fingerprint density at radius 2 is 2.11 bits per heavy atom. The van der Waals surface area contributed by atoms with Gasteiger partial charge in [0.1, 0.15) is 17.2 Å². The molecular weight excluding hydrogens is 352 g/mol. The molecule has 0 unspecified atom stereocenters. The van der Waals surface area contributed by atoms with Crippen molar-refractivity contribution in [3.8, 4) is 11.3 Å². The maximum absolute atomic E-state index is 14.3. The quantitative estimate of drug-likeness (QED) is 0.760. The molecule has 138 valence electrons. The lowest BCUT2D eigenvalue weighted by Gasteiger charge is -2.13. The number of pyridine rings is 1. The number of halogens is 2. The van der Waals surface area contributed by atoms with Crippen molar-refractivity contribution in [1.29, 1.82) is 0 Å². The van der Waals surface area contributed by atoms with E-state index in [0.717, 1.165) is 18.9 Å². The van der Waals surface area contributed by atoms with E-state index in [0.29, 0.717) is 11.8 Å². The Hall–Kier alpha value is -3.42. The minimum absolute atomic E-state index is 0.0281. The van der Waals surface area contributed by atoms with Crippen LogP contribution in [0.15, 0.2) is 61.2 Å². The number of nitrogens with one attached hydrogen (secondary N) is 1. The third kappa shape index (κ3) is 4.05. The number of rotatable bonds is 6. The molecule has 2 heterocycles. The summed E-state index contributed by atoms with van der Waals surface area (Å²) in [6, 6.07) is 3.32. The number of nitrogens with two attached hydrogens (primary N) is 1. The Balaban J connectivity index is 2.15. The van der Waals surface area contributed by atoms with Crippen molar-refractivity contribution in [2.24, 2.45) is 11.7 Å². The minimum atomic E-state index is -1.01. The molecule has 0 spiro atoms. The van der Waals surface area contributed by atoms with Crippen LogP contribution in [0.2, 0.25) is 0 Å². The predicted octanol–water partition coefficient (Wildman–Crippen LogP) is 3.52. The average molecular weight is 369 g/mol. The molecule has 3 N–H and O–H groups in total. The van der Waals surface area contributed by atoms with Crippen LogP contribution in [0.1, 0.15) is 18.5 Å². The summed E-state index contributed by atoms with van der Waals surface area (Å²) in [5.74, 6) is -1.95. The highest BCUT2D eigenvalue weighted by Crippen LogP contribution is 2.34. The van der Waals surface area contributed by atoms with Crippen molar-refractivity contribution in [1.82, 2.24) is 15.0 Å². The van der Waals surface area contributed by atoms with E-state index in [1.54, 1.807) is 18.3 Å². The van der Waals surface area contributed by atoms with Crippen LogP contribution in [0.4, 0.5) is 14.6 Å². The third-order valence-corrected chi connectivity index (χ3v) is 3.95. The molecule has 27 heavy (non-hydrogen) atoms. The summed E-state index contributed by atoms with van der Waals surface area (Å²) in [4.78, 5) is 24.5. The van der Waals surface area contributed by atoms with Gasteiger partial charge in [0.2, 0.25) is 5.91 Å². The van der Waals surface area contributed by atoms with Crippen LogP contribution < -0.4 is 11.1 Å². The topological polar surface area (TPSA) is 93.8 Å². The molecule has 1 fully saturated rings. The summed E-state index contributed by atoms with van der Waals surface area (Å²) in [5.41, 5.74) is 5.31. The standard InChI is InChI=1S/C19H17F2N5O/c1-2-13(20)16(14(21)8-22)18-17(12-4-3-7-23-9-12)25-15(10-24-18)26-19(27)11-5-6-11/h2-4,7-11H,1,5-6,22H2,(H,25,26,27)/b14-8+,16-13-. The fraction of sp³-hybridized carbons (Fsp3) is 0.158. The molecule has 1 aliphatic carbocycles. The van der Waals surface area contributed by atoms with Crippen molar-refractivity contribution in [3.63, 3.8) is 0 Å². The Morgan fingerprint density at radius 3 is 2.70 bits per heavy atom. The highest BCUT2D eigenvalue weighted by molar-refractivity contribution is 5.94. The van der Waals surface area contributed by atoms with Crippen molar-refractivity contribution in [2.45, 2.75) is 12.8 Å². The Bertz CT molecular complexity index is 936. The first-order chi connectivity index (χ1) is 13.0. The smallest absolute Gasteiger partial charge is 0.228 e. The minimum Gasteiger partial charge on any atom is -0.402 e. The van der Waals surface area contributed by atoms with E-state index in [4.69, 9.17) is 5.73 Å². The van der Waals surface area contributed by atoms with E-state index in [1.165, 1.54) is 12.4 Å². The summed E-state index contributed by atoms with van der Waals surface area (Å²) in [6.45, 7) is 3.32. The molecule has 2 aromatic heterocycles. The van der Waals surface area contributed by atoms with Gasteiger partial charge in [-0.1, -0.05) is 6.58 Å². The van der Waals surface area contributed by atoms with Crippen molar-refractivity contribution in [2.75, 3.05) is 5.32 Å². The van der Waals surface area contributed by atoms with E-state index in [9.17, 15) is 13.6 Å². The molecule has 3 rings (SSSR count). The van der Waals surface area contributed by atoms with Crippen LogP contribution in [0.5, 0.6) is 0 Å². The normalized spacial score (nSPS) is 15.1. The second-order valence-electron chi connectivity index (χ2n) is 5.90. The maximum atomic E-state index is 14.3. The number of carbonyl (C=O) groups excluding carboxylic acids is 1. The number of carbonyl (C=O) groups is 1. The van der Waals surface area contributed by atoms with Gasteiger partial charge in [0.25, 0.3) is 0 Å². The largest absolute Gasteiger partial charge is 0.402 e. The zero-order chi connectivity index (χ0) is 19.4. The molecule has 0 aromatic carbocycles. The maximum Gasteiger partial charge on any atom is 0.228 e. The molecule has 8 heteroatoms. The third-order valence-electron chi connectivity index (χ3n) is 3.95. The first-order valence-corrected chi connectivity index (χ1v) is 8.23. The molecule has 1 saturated carbocycles. The molecule has 0 bridgehead atoms. The monoisotopic (exact) mass is 369 g/mol. The van der Waals surface area contributed by atoms with E-state index in [2.05, 4.69) is 26.8 Å². The van der Waals surface area contributed by atoms with Gasteiger partial charge in [-0.15, -0.1) is 0 Å². The van der Waals surface area contributed by atoms with E-state index >= 15 is 0 Å². The van der Waals surface area contributed by atoms with Gasteiger partial charge in [-0.3, -0.25) is 9.78 Å². The first-order valence-electron chi connectivity index (χ1n) is 8.23. The van der Waals surface area contributed by atoms with Crippen LogP contribution in [-0.4, -0.2) is 20.9 Å². The lowest BCUT2D eigenvalue weighted by atomic mass is 10.0. The zero-order valence-corrected chi connectivity index (χ0v) is 14.3. The Labute approximate surface area is 154 Å². The van der Waals surface area contributed by atoms with E-state index in [1.807, 2.05) is 0 Å². The van der Waals surface area contributed by atoms with Gasteiger partial charge in [-0.25, -0.2) is 18.7 Å². The van der Waals surface area contributed by atoms with E-state index in [-0.39, 0.29) is 29.0 Å².